The molecule has 66 valence electrons. The molecule has 0 bridgehead atoms. The first-order chi connectivity index (χ1) is 4.99. The van der Waals surface area contributed by atoms with Gasteiger partial charge < -0.3 is 0 Å². The van der Waals surface area contributed by atoms with Crippen molar-refractivity contribution in [2.24, 2.45) is 5.92 Å². The lowest BCUT2D eigenvalue weighted by molar-refractivity contribution is 0.127. The summed E-state index contributed by atoms with van der Waals surface area (Å²) in [7, 11) is 0. The summed E-state index contributed by atoms with van der Waals surface area (Å²) in [5.41, 5.74) is -1.26. The van der Waals surface area contributed by atoms with Crippen LogP contribution in [0, 0.1) is 5.92 Å². The molecule has 0 aliphatic heterocycles. The quantitative estimate of drug-likeness (QED) is 0.479. The molecule has 0 heterocycles. The van der Waals surface area contributed by atoms with E-state index in [0.717, 1.165) is 6.42 Å². The highest BCUT2D eigenvalue weighted by Crippen LogP contribution is 2.34. The molecule has 0 spiro atoms. The van der Waals surface area contributed by atoms with Crippen LogP contribution in [0.25, 0.3) is 0 Å². The highest BCUT2D eigenvalue weighted by Gasteiger charge is 2.32. The lowest BCUT2D eigenvalue weighted by atomic mass is 9.98. The molecule has 0 N–H and O–H groups in total. The molecular weight excluding hydrogens is 146 g/mol. The van der Waals surface area contributed by atoms with Crippen LogP contribution >= 0.6 is 0 Å². The maximum atomic E-state index is 13.3. The van der Waals surface area contributed by atoms with E-state index in [9.17, 15) is 8.78 Å². The highest BCUT2D eigenvalue weighted by molar-refractivity contribution is 4.82. The van der Waals surface area contributed by atoms with Crippen molar-refractivity contribution in [3.05, 3.63) is 0 Å². The van der Waals surface area contributed by atoms with Crippen LogP contribution in [0.2, 0.25) is 0 Å². The van der Waals surface area contributed by atoms with Gasteiger partial charge in [0, 0.05) is 6.42 Å². The Bertz CT molecular complexity index is 132. The van der Waals surface area contributed by atoms with Gasteiger partial charge in [0.1, 0.15) is 11.8 Å². The van der Waals surface area contributed by atoms with Gasteiger partial charge in [-0.05, 0) is 32.1 Å². The molecule has 3 atom stereocenters. The SMILES string of the molecule is CC1CCC(C)(F)CC(F)C1. The summed E-state index contributed by atoms with van der Waals surface area (Å²) in [6.07, 6.45) is 1.06. The number of hydrogen-bond donors (Lipinski definition) is 0. The molecule has 0 amide bonds. The molecule has 0 aromatic rings. The molecular formula is C9H16F2. The number of alkyl halides is 2. The summed E-state index contributed by atoms with van der Waals surface area (Å²) in [5, 5.41) is 0. The van der Waals surface area contributed by atoms with E-state index < -0.39 is 11.8 Å². The third-order valence-corrected chi connectivity index (χ3v) is 2.46. The van der Waals surface area contributed by atoms with Gasteiger partial charge in [-0.3, -0.25) is 0 Å². The minimum atomic E-state index is -1.26. The summed E-state index contributed by atoms with van der Waals surface area (Å²) >= 11 is 0. The second kappa shape index (κ2) is 3.08. The van der Waals surface area contributed by atoms with Crippen molar-refractivity contribution >= 4 is 0 Å². The Morgan fingerprint density at radius 1 is 1.45 bits per heavy atom. The lowest BCUT2D eigenvalue weighted by Gasteiger charge is -2.17. The minimum Gasteiger partial charge on any atom is -0.247 e. The first-order valence-electron chi connectivity index (χ1n) is 4.32. The molecule has 0 aromatic heterocycles. The third kappa shape index (κ3) is 2.76. The molecule has 1 fully saturated rings. The molecule has 1 aliphatic carbocycles. The Kier molecular flexibility index (Phi) is 2.50. The minimum absolute atomic E-state index is 0.0946. The van der Waals surface area contributed by atoms with E-state index in [1.165, 1.54) is 6.92 Å². The molecule has 0 radical (unpaired) electrons. The van der Waals surface area contributed by atoms with Gasteiger partial charge in [0.15, 0.2) is 0 Å². The summed E-state index contributed by atoms with van der Waals surface area (Å²) in [6.45, 7) is 3.51. The zero-order chi connectivity index (χ0) is 8.48. The van der Waals surface area contributed by atoms with Gasteiger partial charge in [-0.1, -0.05) is 6.92 Å². The summed E-state index contributed by atoms with van der Waals surface area (Å²) < 4.78 is 26.3. The summed E-state index contributed by atoms with van der Waals surface area (Å²) in [5.74, 6) is 0.350. The topological polar surface area (TPSA) is 0 Å². The van der Waals surface area contributed by atoms with Crippen molar-refractivity contribution in [3.8, 4) is 0 Å². The Labute approximate surface area is 67.0 Å². The summed E-state index contributed by atoms with van der Waals surface area (Å²) in [4.78, 5) is 0. The first kappa shape index (κ1) is 8.95. The van der Waals surface area contributed by atoms with Crippen molar-refractivity contribution in [1.82, 2.24) is 0 Å². The van der Waals surface area contributed by atoms with Crippen LogP contribution in [-0.4, -0.2) is 11.8 Å². The average molecular weight is 162 g/mol. The number of rotatable bonds is 0. The molecule has 2 heteroatoms. The van der Waals surface area contributed by atoms with E-state index in [2.05, 4.69) is 0 Å². The van der Waals surface area contributed by atoms with E-state index in [4.69, 9.17) is 0 Å². The Hall–Kier alpha value is -0.140. The molecule has 1 saturated carbocycles. The van der Waals surface area contributed by atoms with E-state index in [-0.39, 0.29) is 6.42 Å². The number of halogens is 2. The molecule has 0 saturated heterocycles. The van der Waals surface area contributed by atoms with Crippen molar-refractivity contribution < 1.29 is 8.78 Å². The van der Waals surface area contributed by atoms with Gasteiger partial charge in [0.05, 0.1) is 0 Å². The Morgan fingerprint density at radius 2 is 2.09 bits per heavy atom. The molecule has 0 aromatic carbocycles. The fraction of sp³-hybridized carbons (Fsp3) is 1.00. The van der Waals surface area contributed by atoms with Crippen molar-refractivity contribution in [3.63, 3.8) is 0 Å². The fourth-order valence-electron chi connectivity index (χ4n) is 1.75. The van der Waals surface area contributed by atoms with E-state index >= 15 is 0 Å². The molecule has 0 nitrogen and oxygen atoms in total. The normalized spacial score (nSPS) is 46.9. The first-order valence-corrected chi connectivity index (χ1v) is 4.32. The van der Waals surface area contributed by atoms with Gasteiger partial charge in [0.2, 0.25) is 0 Å². The summed E-state index contributed by atoms with van der Waals surface area (Å²) in [6, 6.07) is 0. The van der Waals surface area contributed by atoms with Crippen LogP contribution < -0.4 is 0 Å². The maximum absolute atomic E-state index is 13.3. The van der Waals surface area contributed by atoms with Crippen LogP contribution in [0.1, 0.15) is 39.5 Å². The third-order valence-electron chi connectivity index (χ3n) is 2.46. The second-order valence-electron chi connectivity index (χ2n) is 4.09. The molecule has 1 aliphatic rings. The predicted molar refractivity (Wildman–Crippen MR) is 42.0 cm³/mol. The lowest BCUT2D eigenvalue weighted by Crippen LogP contribution is -2.20. The Morgan fingerprint density at radius 3 is 2.73 bits per heavy atom. The zero-order valence-electron chi connectivity index (χ0n) is 7.24. The van der Waals surface area contributed by atoms with E-state index in [1.807, 2.05) is 6.92 Å². The number of hydrogen-bond acceptors (Lipinski definition) is 0. The smallest absolute Gasteiger partial charge is 0.111 e. The van der Waals surface area contributed by atoms with Gasteiger partial charge in [-0.25, -0.2) is 8.78 Å². The van der Waals surface area contributed by atoms with Gasteiger partial charge in [-0.15, -0.1) is 0 Å². The van der Waals surface area contributed by atoms with E-state index in [0.29, 0.717) is 18.8 Å². The van der Waals surface area contributed by atoms with Gasteiger partial charge in [0.25, 0.3) is 0 Å². The standard InChI is InChI=1S/C9H16F2/c1-7-3-4-9(2,11)6-8(10)5-7/h7-8H,3-6H2,1-2H3. The molecule has 11 heavy (non-hydrogen) atoms. The molecule has 3 unspecified atom stereocenters. The van der Waals surface area contributed by atoms with E-state index in [1.54, 1.807) is 0 Å². The zero-order valence-corrected chi connectivity index (χ0v) is 7.24. The molecule has 1 rings (SSSR count). The van der Waals surface area contributed by atoms with Gasteiger partial charge in [-0.2, -0.15) is 0 Å². The van der Waals surface area contributed by atoms with Crippen LogP contribution in [0.4, 0.5) is 8.78 Å². The Balaban J connectivity index is 2.53. The van der Waals surface area contributed by atoms with Crippen LogP contribution in [-0.2, 0) is 0 Å². The average Bonchev–Trinajstić information content (AvgIpc) is 1.90. The maximum Gasteiger partial charge on any atom is 0.111 e. The fourth-order valence-corrected chi connectivity index (χ4v) is 1.75. The van der Waals surface area contributed by atoms with Crippen molar-refractivity contribution in [2.45, 2.75) is 51.4 Å². The predicted octanol–water partition coefficient (Wildman–Crippen LogP) is 3.26. The van der Waals surface area contributed by atoms with Crippen LogP contribution in [0.3, 0.4) is 0 Å². The van der Waals surface area contributed by atoms with Crippen molar-refractivity contribution in [2.75, 3.05) is 0 Å². The van der Waals surface area contributed by atoms with Crippen LogP contribution in [0.15, 0.2) is 0 Å². The van der Waals surface area contributed by atoms with Gasteiger partial charge >= 0.3 is 0 Å². The second-order valence-corrected chi connectivity index (χ2v) is 4.09. The monoisotopic (exact) mass is 162 g/mol. The largest absolute Gasteiger partial charge is 0.247 e. The highest BCUT2D eigenvalue weighted by atomic mass is 19.2. The van der Waals surface area contributed by atoms with Crippen LogP contribution in [0.5, 0.6) is 0 Å². The van der Waals surface area contributed by atoms with Crippen molar-refractivity contribution in [1.29, 1.82) is 0 Å².